The Bertz CT molecular complexity index is 939. The molecule has 5 rings (SSSR count). The third kappa shape index (κ3) is 3.55. The summed E-state index contributed by atoms with van der Waals surface area (Å²) in [6, 6.07) is 16.0. The SMILES string of the molecule is CCOc1ccccc1CN1CCC2(CC1)C[C@]1(CO2)NC(=O)c2ccccc2N1. The summed E-state index contributed by atoms with van der Waals surface area (Å²) in [6.45, 7) is 6.03. The highest BCUT2D eigenvalue weighted by Gasteiger charge is 2.53. The van der Waals surface area contributed by atoms with Crippen LogP contribution < -0.4 is 15.4 Å². The standard InChI is InChI=1S/C24H29N3O3/c1-2-29-21-10-6-3-7-18(21)15-27-13-11-23(12-14-27)16-24(17-30-23)25-20-9-5-4-8-19(20)22(28)26-24/h3-10,25H,2,11-17H2,1H3,(H,26,28)/t24-/m1/s1. The minimum atomic E-state index is -0.505. The third-order valence-corrected chi connectivity index (χ3v) is 6.58. The van der Waals surface area contributed by atoms with Crippen molar-refractivity contribution in [2.75, 3.05) is 31.6 Å². The van der Waals surface area contributed by atoms with Gasteiger partial charge in [0.15, 0.2) is 0 Å². The zero-order valence-electron chi connectivity index (χ0n) is 17.4. The molecular formula is C24H29N3O3. The second-order valence-corrected chi connectivity index (χ2v) is 8.67. The number of fused-ring (bicyclic) bond motifs is 1. The van der Waals surface area contributed by atoms with Crippen molar-refractivity contribution in [3.63, 3.8) is 0 Å². The molecule has 2 spiro atoms. The summed E-state index contributed by atoms with van der Waals surface area (Å²) in [4.78, 5) is 15.1. The first-order valence-corrected chi connectivity index (χ1v) is 10.9. The van der Waals surface area contributed by atoms with Crippen LogP contribution in [-0.4, -0.2) is 48.4 Å². The number of ether oxygens (including phenoxy) is 2. The molecule has 0 bridgehead atoms. The minimum Gasteiger partial charge on any atom is -0.494 e. The van der Waals surface area contributed by atoms with Crippen LogP contribution in [-0.2, 0) is 11.3 Å². The van der Waals surface area contributed by atoms with Crippen molar-refractivity contribution >= 4 is 11.6 Å². The van der Waals surface area contributed by atoms with Crippen LogP contribution in [0.1, 0.15) is 42.1 Å². The molecule has 0 saturated carbocycles. The summed E-state index contributed by atoms with van der Waals surface area (Å²) in [7, 11) is 0. The van der Waals surface area contributed by atoms with E-state index >= 15 is 0 Å². The van der Waals surface area contributed by atoms with Crippen molar-refractivity contribution in [3.05, 3.63) is 59.7 Å². The number of nitrogens with one attached hydrogen (secondary N) is 2. The number of anilines is 1. The van der Waals surface area contributed by atoms with Crippen molar-refractivity contribution in [2.45, 2.75) is 44.0 Å². The maximum absolute atomic E-state index is 12.6. The lowest BCUT2D eigenvalue weighted by Gasteiger charge is -2.41. The van der Waals surface area contributed by atoms with Crippen molar-refractivity contribution in [1.29, 1.82) is 0 Å². The second kappa shape index (κ2) is 7.60. The molecule has 0 aromatic heterocycles. The van der Waals surface area contributed by atoms with E-state index in [-0.39, 0.29) is 11.5 Å². The number of likely N-dealkylation sites (tertiary alicyclic amines) is 1. The molecule has 6 nitrogen and oxygen atoms in total. The molecule has 6 heteroatoms. The largest absolute Gasteiger partial charge is 0.494 e. The molecule has 1 amide bonds. The van der Waals surface area contributed by atoms with Gasteiger partial charge in [0, 0.05) is 37.3 Å². The monoisotopic (exact) mass is 407 g/mol. The van der Waals surface area contributed by atoms with E-state index in [2.05, 4.69) is 27.7 Å². The molecule has 3 aliphatic rings. The fraction of sp³-hybridized carbons (Fsp3) is 0.458. The molecule has 2 saturated heterocycles. The Morgan fingerprint density at radius 2 is 1.83 bits per heavy atom. The van der Waals surface area contributed by atoms with Gasteiger partial charge < -0.3 is 20.1 Å². The van der Waals surface area contributed by atoms with Crippen LogP contribution in [0.25, 0.3) is 0 Å². The lowest BCUT2D eigenvalue weighted by Crippen LogP contribution is -2.59. The van der Waals surface area contributed by atoms with Crippen LogP contribution in [0.2, 0.25) is 0 Å². The number of amides is 1. The molecule has 3 heterocycles. The Morgan fingerprint density at radius 1 is 1.07 bits per heavy atom. The lowest BCUT2D eigenvalue weighted by molar-refractivity contribution is -0.0453. The second-order valence-electron chi connectivity index (χ2n) is 8.67. The summed E-state index contributed by atoms with van der Waals surface area (Å²) in [5.74, 6) is 0.958. The van der Waals surface area contributed by atoms with E-state index in [0.29, 0.717) is 18.8 Å². The molecule has 30 heavy (non-hydrogen) atoms. The molecule has 3 aliphatic heterocycles. The number of piperidine rings is 1. The van der Waals surface area contributed by atoms with E-state index in [9.17, 15) is 4.79 Å². The van der Waals surface area contributed by atoms with Gasteiger partial charge >= 0.3 is 0 Å². The van der Waals surface area contributed by atoms with Crippen LogP contribution in [0.4, 0.5) is 5.69 Å². The van der Waals surface area contributed by atoms with Gasteiger partial charge in [-0.25, -0.2) is 0 Å². The van der Waals surface area contributed by atoms with E-state index in [1.54, 1.807) is 0 Å². The number of hydrogen-bond acceptors (Lipinski definition) is 5. The first kappa shape index (κ1) is 19.4. The molecule has 0 unspecified atom stereocenters. The van der Waals surface area contributed by atoms with Crippen LogP contribution in [0.3, 0.4) is 0 Å². The third-order valence-electron chi connectivity index (χ3n) is 6.58. The van der Waals surface area contributed by atoms with E-state index in [4.69, 9.17) is 9.47 Å². The number of carbonyl (C=O) groups excluding carboxylic acids is 1. The van der Waals surface area contributed by atoms with Gasteiger partial charge in [0.25, 0.3) is 5.91 Å². The molecule has 0 aliphatic carbocycles. The number of nitrogens with zero attached hydrogens (tertiary/aromatic N) is 1. The highest BCUT2D eigenvalue weighted by atomic mass is 16.5. The number of benzene rings is 2. The van der Waals surface area contributed by atoms with Crippen molar-refractivity contribution in [2.24, 2.45) is 0 Å². The van der Waals surface area contributed by atoms with Crippen molar-refractivity contribution in [3.8, 4) is 5.75 Å². The quantitative estimate of drug-likeness (QED) is 0.814. The summed E-state index contributed by atoms with van der Waals surface area (Å²) in [6.07, 6.45) is 2.72. The molecule has 1 atom stereocenters. The van der Waals surface area contributed by atoms with E-state index in [0.717, 1.165) is 50.3 Å². The van der Waals surface area contributed by atoms with Crippen molar-refractivity contribution in [1.82, 2.24) is 10.2 Å². The highest BCUT2D eigenvalue weighted by Crippen LogP contribution is 2.43. The molecule has 2 fully saturated rings. The van der Waals surface area contributed by atoms with Gasteiger partial charge in [-0.15, -0.1) is 0 Å². The van der Waals surface area contributed by atoms with Gasteiger partial charge in [-0.3, -0.25) is 9.69 Å². The normalized spacial score (nSPS) is 25.0. The Balaban J connectivity index is 1.24. The van der Waals surface area contributed by atoms with Gasteiger partial charge in [-0.1, -0.05) is 30.3 Å². The van der Waals surface area contributed by atoms with Gasteiger partial charge in [0.2, 0.25) is 0 Å². The first-order chi connectivity index (χ1) is 14.6. The highest BCUT2D eigenvalue weighted by molar-refractivity contribution is 6.02. The fourth-order valence-corrected chi connectivity index (χ4v) is 5.06. The summed E-state index contributed by atoms with van der Waals surface area (Å²) < 4.78 is 12.2. The van der Waals surface area contributed by atoms with E-state index < -0.39 is 5.66 Å². The molecule has 2 N–H and O–H groups in total. The maximum atomic E-state index is 12.6. The van der Waals surface area contributed by atoms with Gasteiger partial charge in [-0.2, -0.15) is 0 Å². The van der Waals surface area contributed by atoms with Crippen LogP contribution >= 0.6 is 0 Å². The smallest absolute Gasteiger partial charge is 0.255 e. The molecular weight excluding hydrogens is 378 g/mol. The predicted octanol–water partition coefficient (Wildman–Crippen LogP) is 3.39. The zero-order chi connectivity index (χ0) is 20.6. The Hall–Kier alpha value is -2.57. The minimum absolute atomic E-state index is 0.0185. The zero-order valence-corrected chi connectivity index (χ0v) is 17.4. The lowest BCUT2D eigenvalue weighted by atomic mass is 9.84. The molecule has 0 radical (unpaired) electrons. The average Bonchev–Trinajstić information content (AvgIpc) is 3.08. The Kier molecular flexibility index (Phi) is 4.91. The molecule has 158 valence electrons. The molecule has 2 aromatic rings. The van der Waals surface area contributed by atoms with Crippen LogP contribution in [0.15, 0.2) is 48.5 Å². The van der Waals surface area contributed by atoms with Gasteiger partial charge in [0.05, 0.1) is 24.4 Å². The Morgan fingerprint density at radius 3 is 2.67 bits per heavy atom. The number of rotatable bonds is 4. The van der Waals surface area contributed by atoms with E-state index in [1.165, 1.54) is 5.56 Å². The van der Waals surface area contributed by atoms with E-state index in [1.807, 2.05) is 43.3 Å². The Labute approximate surface area is 177 Å². The van der Waals surface area contributed by atoms with Crippen LogP contribution in [0.5, 0.6) is 5.75 Å². The first-order valence-electron chi connectivity index (χ1n) is 10.9. The topological polar surface area (TPSA) is 62.8 Å². The predicted molar refractivity (Wildman–Crippen MR) is 116 cm³/mol. The summed E-state index contributed by atoms with van der Waals surface area (Å²) in [5.41, 5.74) is 2.15. The van der Waals surface area contributed by atoms with Gasteiger partial charge in [0.1, 0.15) is 11.4 Å². The summed E-state index contributed by atoms with van der Waals surface area (Å²) >= 11 is 0. The summed E-state index contributed by atoms with van der Waals surface area (Å²) in [5, 5.41) is 6.75. The number of carbonyl (C=O) groups is 1. The number of hydrogen-bond donors (Lipinski definition) is 2. The van der Waals surface area contributed by atoms with Gasteiger partial charge in [-0.05, 0) is 38.0 Å². The van der Waals surface area contributed by atoms with Crippen molar-refractivity contribution < 1.29 is 14.3 Å². The maximum Gasteiger partial charge on any atom is 0.255 e. The number of para-hydroxylation sites is 2. The average molecular weight is 408 g/mol. The fourth-order valence-electron chi connectivity index (χ4n) is 5.06. The molecule has 2 aromatic carbocycles. The van der Waals surface area contributed by atoms with Crippen LogP contribution in [0, 0.1) is 0 Å².